The van der Waals surface area contributed by atoms with Crippen molar-refractivity contribution < 1.29 is 17.9 Å². The Morgan fingerprint density at radius 3 is 2.64 bits per heavy atom. The standard InChI is InChI=1S/C16H19ClN2O4S2/c1-18(8-9-23-14-6-3-5-13(17)11-14)15(20)12-19(2)25(21,22)16-7-4-10-24-16/h3-7,10-11H,8-9,12H2,1-2H3. The van der Waals surface area contributed by atoms with Gasteiger partial charge in [0.25, 0.3) is 10.0 Å². The lowest BCUT2D eigenvalue weighted by Crippen LogP contribution is -2.40. The largest absolute Gasteiger partial charge is 0.492 e. The first-order valence-electron chi connectivity index (χ1n) is 7.43. The molecule has 0 radical (unpaired) electrons. The number of thiophene rings is 1. The van der Waals surface area contributed by atoms with Crippen LogP contribution in [-0.4, -0.2) is 57.3 Å². The average molecular weight is 403 g/mol. The molecule has 1 heterocycles. The van der Waals surface area contributed by atoms with Crippen LogP contribution >= 0.6 is 22.9 Å². The van der Waals surface area contributed by atoms with Crippen molar-refractivity contribution in [1.82, 2.24) is 9.21 Å². The minimum Gasteiger partial charge on any atom is -0.492 e. The molecule has 0 bridgehead atoms. The molecule has 0 aliphatic heterocycles. The number of likely N-dealkylation sites (N-methyl/N-ethyl adjacent to an activating group) is 2. The zero-order valence-electron chi connectivity index (χ0n) is 13.9. The van der Waals surface area contributed by atoms with E-state index in [9.17, 15) is 13.2 Å². The molecule has 0 saturated carbocycles. The van der Waals surface area contributed by atoms with E-state index < -0.39 is 10.0 Å². The summed E-state index contributed by atoms with van der Waals surface area (Å²) in [6.45, 7) is 0.385. The van der Waals surface area contributed by atoms with Crippen LogP contribution < -0.4 is 4.74 Å². The molecule has 0 atom stereocenters. The fourth-order valence-electron chi connectivity index (χ4n) is 1.94. The van der Waals surface area contributed by atoms with Crippen molar-refractivity contribution in [3.63, 3.8) is 0 Å². The number of rotatable bonds is 8. The highest BCUT2D eigenvalue weighted by atomic mass is 35.5. The number of hydrogen-bond donors (Lipinski definition) is 0. The lowest BCUT2D eigenvalue weighted by atomic mass is 10.3. The third kappa shape index (κ3) is 5.43. The summed E-state index contributed by atoms with van der Waals surface area (Å²) >= 11 is 6.99. The SMILES string of the molecule is CN(CCOc1cccc(Cl)c1)C(=O)CN(C)S(=O)(=O)c1cccs1. The summed E-state index contributed by atoms with van der Waals surface area (Å²) in [6, 6.07) is 10.2. The van der Waals surface area contributed by atoms with Gasteiger partial charge in [0.15, 0.2) is 0 Å². The van der Waals surface area contributed by atoms with Gasteiger partial charge in [0, 0.05) is 19.1 Å². The van der Waals surface area contributed by atoms with Crippen molar-refractivity contribution in [2.24, 2.45) is 0 Å². The second-order valence-corrected chi connectivity index (χ2v) is 8.97. The number of sulfonamides is 1. The summed E-state index contributed by atoms with van der Waals surface area (Å²) in [5.41, 5.74) is 0. The molecule has 2 rings (SSSR count). The molecule has 9 heteroatoms. The van der Waals surface area contributed by atoms with Crippen molar-refractivity contribution >= 4 is 38.9 Å². The maximum Gasteiger partial charge on any atom is 0.252 e. The van der Waals surface area contributed by atoms with Crippen LogP contribution in [0.4, 0.5) is 0 Å². The van der Waals surface area contributed by atoms with Gasteiger partial charge in [0.1, 0.15) is 16.6 Å². The van der Waals surface area contributed by atoms with Crippen LogP contribution in [-0.2, 0) is 14.8 Å². The highest BCUT2D eigenvalue weighted by molar-refractivity contribution is 7.91. The van der Waals surface area contributed by atoms with Crippen molar-refractivity contribution in [2.45, 2.75) is 4.21 Å². The van der Waals surface area contributed by atoms with Crippen LogP contribution in [0, 0.1) is 0 Å². The number of carbonyl (C=O) groups excluding carboxylic acids is 1. The van der Waals surface area contributed by atoms with Gasteiger partial charge in [-0.25, -0.2) is 8.42 Å². The monoisotopic (exact) mass is 402 g/mol. The van der Waals surface area contributed by atoms with E-state index in [1.54, 1.807) is 42.8 Å². The van der Waals surface area contributed by atoms with Gasteiger partial charge in [0.05, 0.1) is 13.1 Å². The third-order valence-corrected chi connectivity index (χ3v) is 6.85. The van der Waals surface area contributed by atoms with E-state index in [4.69, 9.17) is 16.3 Å². The second-order valence-electron chi connectivity index (χ2n) is 5.31. The molecule has 1 aromatic carbocycles. The van der Waals surface area contributed by atoms with Crippen LogP contribution in [0.3, 0.4) is 0 Å². The Morgan fingerprint density at radius 1 is 1.24 bits per heavy atom. The minimum atomic E-state index is -3.63. The summed E-state index contributed by atoms with van der Waals surface area (Å²) in [4.78, 5) is 13.6. The van der Waals surface area contributed by atoms with E-state index in [0.717, 1.165) is 15.6 Å². The number of carbonyl (C=O) groups is 1. The minimum absolute atomic E-state index is 0.217. The molecule has 136 valence electrons. The van der Waals surface area contributed by atoms with Crippen LogP contribution in [0.1, 0.15) is 0 Å². The third-order valence-electron chi connectivity index (χ3n) is 3.43. The van der Waals surface area contributed by atoms with Crippen LogP contribution in [0.25, 0.3) is 0 Å². The Balaban J connectivity index is 1.83. The first kappa shape index (κ1) is 19.7. The number of nitrogens with zero attached hydrogens (tertiary/aromatic N) is 2. The summed E-state index contributed by atoms with van der Waals surface area (Å²) in [5.74, 6) is 0.308. The molecule has 25 heavy (non-hydrogen) atoms. The summed E-state index contributed by atoms with van der Waals surface area (Å²) in [6.07, 6.45) is 0. The molecular weight excluding hydrogens is 384 g/mol. The fourth-order valence-corrected chi connectivity index (χ4v) is 4.44. The fraction of sp³-hybridized carbons (Fsp3) is 0.312. The van der Waals surface area contributed by atoms with E-state index in [-0.39, 0.29) is 23.3 Å². The Kier molecular flexibility index (Phi) is 6.83. The van der Waals surface area contributed by atoms with Crippen molar-refractivity contribution in [2.75, 3.05) is 33.8 Å². The number of amides is 1. The highest BCUT2D eigenvalue weighted by Crippen LogP contribution is 2.20. The normalized spacial score (nSPS) is 11.5. The van der Waals surface area contributed by atoms with Crippen LogP contribution in [0.5, 0.6) is 5.75 Å². The van der Waals surface area contributed by atoms with E-state index in [2.05, 4.69) is 0 Å². The Bertz CT molecular complexity index is 809. The number of benzene rings is 1. The lowest BCUT2D eigenvalue weighted by Gasteiger charge is -2.21. The smallest absolute Gasteiger partial charge is 0.252 e. The van der Waals surface area contributed by atoms with Gasteiger partial charge in [-0.3, -0.25) is 4.79 Å². The zero-order chi connectivity index (χ0) is 18.4. The summed E-state index contributed by atoms with van der Waals surface area (Å²) in [5, 5.41) is 2.25. The molecule has 0 fully saturated rings. The second kappa shape index (κ2) is 8.66. The zero-order valence-corrected chi connectivity index (χ0v) is 16.3. The van der Waals surface area contributed by atoms with Gasteiger partial charge in [-0.1, -0.05) is 23.7 Å². The van der Waals surface area contributed by atoms with E-state index in [1.165, 1.54) is 18.0 Å². The first-order chi connectivity index (χ1) is 11.8. The molecule has 0 N–H and O–H groups in total. The van der Waals surface area contributed by atoms with Gasteiger partial charge < -0.3 is 9.64 Å². The predicted octanol–water partition coefficient (Wildman–Crippen LogP) is 2.56. The first-order valence-corrected chi connectivity index (χ1v) is 10.1. The molecule has 0 spiro atoms. The molecule has 0 aliphatic carbocycles. The van der Waals surface area contributed by atoms with Gasteiger partial charge in [-0.05, 0) is 29.6 Å². The summed E-state index contributed by atoms with van der Waals surface area (Å²) in [7, 11) is -0.636. The van der Waals surface area contributed by atoms with Crippen molar-refractivity contribution in [3.05, 3.63) is 46.8 Å². The molecular formula is C16H19ClN2O4S2. The van der Waals surface area contributed by atoms with E-state index in [0.29, 0.717) is 17.3 Å². The molecule has 0 aliphatic rings. The molecule has 1 aromatic heterocycles. The quantitative estimate of drug-likeness (QED) is 0.680. The topological polar surface area (TPSA) is 66.9 Å². The molecule has 0 unspecified atom stereocenters. The highest BCUT2D eigenvalue weighted by Gasteiger charge is 2.24. The van der Waals surface area contributed by atoms with Crippen molar-refractivity contribution in [3.8, 4) is 5.75 Å². The maximum atomic E-state index is 12.3. The summed E-state index contributed by atoms with van der Waals surface area (Å²) < 4.78 is 31.4. The van der Waals surface area contributed by atoms with Gasteiger partial charge in [-0.2, -0.15) is 4.31 Å². The molecule has 2 aromatic rings. The average Bonchev–Trinajstić information content (AvgIpc) is 3.10. The Morgan fingerprint density at radius 2 is 2.00 bits per heavy atom. The Hall–Kier alpha value is -1.61. The van der Waals surface area contributed by atoms with Gasteiger partial charge in [0.2, 0.25) is 5.91 Å². The lowest BCUT2D eigenvalue weighted by molar-refractivity contribution is -0.130. The van der Waals surface area contributed by atoms with Crippen LogP contribution in [0.15, 0.2) is 46.0 Å². The molecule has 0 saturated heterocycles. The van der Waals surface area contributed by atoms with Gasteiger partial charge in [-0.15, -0.1) is 11.3 Å². The van der Waals surface area contributed by atoms with E-state index in [1.807, 2.05) is 0 Å². The molecule has 6 nitrogen and oxygen atoms in total. The Labute approximate surface area is 156 Å². The molecule has 1 amide bonds. The van der Waals surface area contributed by atoms with Crippen molar-refractivity contribution in [1.29, 1.82) is 0 Å². The van der Waals surface area contributed by atoms with Crippen LogP contribution in [0.2, 0.25) is 5.02 Å². The number of hydrogen-bond acceptors (Lipinski definition) is 5. The number of halogens is 1. The number of ether oxygens (including phenoxy) is 1. The van der Waals surface area contributed by atoms with E-state index >= 15 is 0 Å². The predicted molar refractivity (Wildman–Crippen MR) is 98.7 cm³/mol. The van der Waals surface area contributed by atoms with Gasteiger partial charge >= 0.3 is 0 Å². The maximum absolute atomic E-state index is 12.3.